The second kappa shape index (κ2) is 5.60. The summed E-state index contributed by atoms with van der Waals surface area (Å²) in [7, 11) is 0. The van der Waals surface area contributed by atoms with E-state index >= 15 is 0 Å². The number of aliphatic hydroxyl groups excluding tert-OH is 1. The molecule has 0 amide bonds. The summed E-state index contributed by atoms with van der Waals surface area (Å²) in [6, 6.07) is 6.36. The van der Waals surface area contributed by atoms with Crippen molar-refractivity contribution >= 4 is 10.9 Å². The maximum absolute atomic E-state index is 13.4. The highest BCUT2D eigenvalue weighted by atomic mass is 19.1. The Balaban J connectivity index is 2.08. The van der Waals surface area contributed by atoms with Crippen LogP contribution in [0.2, 0.25) is 0 Å². The summed E-state index contributed by atoms with van der Waals surface area (Å²) in [6.45, 7) is 2.18. The molecule has 112 valence electrons. The van der Waals surface area contributed by atoms with Crippen LogP contribution in [-0.4, -0.2) is 16.3 Å². The quantitative estimate of drug-likeness (QED) is 0.922. The van der Waals surface area contributed by atoms with Gasteiger partial charge in [-0.15, -0.1) is 0 Å². The Kier molecular flexibility index (Phi) is 3.81. The molecule has 1 aromatic carbocycles. The van der Waals surface area contributed by atoms with Gasteiger partial charge in [-0.1, -0.05) is 0 Å². The van der Waals surface area contributed by atoms with E-state index in [-0.39, 0.29) is 17.9 Å². The maximum Gasteiger partial charge on any atom is 0.189 e. The molecule has 0 atom stereocenters. The van der Waals surface area contributed by atoms with E-state index in [1.165, 1.54) is 12.1 Å². The molecule has 1 N–H and O–H groups in total. The van der Waals surface area contributed by atoms with Crippen LogP contribution in [0.15, 0.2) is 29.1 Å². The van der Waals surface area contributed by atoms with Crippen LogP contribution in [0.3, 0.4) is 0 Å². The Morgan fingerprint density at radius 1 is 1.24 bits per heavy atom. The Hall–Kier alpha value is -1.68. The third-order valence-electron chi connectivity index (χ3n) is 4.64. The third-order valence-corrected chi connectivity index (χ3v) is 4.64. The van der Waals surface area contributed by atoms with Gasteiger partial charge in [0.15, 0.2) is 5.43 Å². The van der Waals surface area contributed by atoms with Crippen molar-refractivity contribution in [2.75, 3.05) is 6.61 Å². The van der Waals surface area contributed by atoms with Crippen molar-refractivity contribution in [3.05, 3.63) is 46.0 Å². The first kappa shape index (κ1) is 14.3. The van der Waals surface area contributed by atoms with E-state index < -0.39 is 0 Å². The number of hydrogen-bond acceptors (Lipinski definition) is 2. The van der Waals surface area contributed by atoms with Crippen LogP contribution in [0, 0.1) is 18.7 Å². The summed E-state index contributed by atoms with van der Waals surface area (Å²) in [4.78, 5) is 12.1. The van der Waals surface area contributed by atoms with Gasteiger partial charge in [0.2, 0.25) is 0 Å². The van der Waals surface area contributed by atoms with Crippen molar-refractivity contribution in [2.24, 2.45) is 5.92 Å². The molecule has 3 rings (SSSR count). The first-order valence-corrected chi connectivity index (χ1v) is 7.52. The van der Waals surface area contributed by atoms with Crippen LogP contribution in [0.5, 0.6) is 0 Å². The van der Waals surface area contributed by atoms with Crippen molar-refractivity contribution in [1.82, 2.24) is 4.57 Å². The average Bonchev–Trinajstić information content (AvgIpc) is 2.48. The first-order valence-electron chi connectivity index (χ1n) is 7.52. The molecule has 1 aliphatic carbocycles. The average molecular weight is 289 g/mol. The molecule has 2 aromatic rings. The largest absolute Gasteiger partial charge is 0.396 e. The zero-order valence-corrected chi connectivity index (χ0v) is 12.2. The van der Waals surface area contributed by atoms with Crippen molar-refractivity contribution in [1.29, 1.82) is 0 Å². The summed E-state index contributed by atoms with van der Waals surface area (Å²) >= 11 is 0. The summed E-state index contributed by atoms with van der Waals surface area (Å²) in [5.74, 6) is 0.0173. The minimum absolute atomic E-state index is 0.123. The molecule has 1 saturated carbocycles. The van der Waals surface area contributed by atoms with Crippen LogP contribution in [0.1, 0.15) is 37.4 Å². The van der Waals surface area contributed by atoms with Gasteiger partial charge in [-0.2, -0.15) is 0 Å². The number of aromatic nitrogens is 1. The van der Waals surface area contributed by atoms with Crippen LogP contribution in [0.25, 0.3) is 10.9 Å². The minimum atomic E-state index is -0.376. The SMILES string of the molecule is Cc1cc(=O)c2cc(F)ccc2n1C1CCC(CO)CC1. The lowest BCUT2D eigenvalue weighted by molar-refractivity contribution is 0.169. The number of rotatable bonds is 2. The van der Waals surface area contributed by atoms with Gasteiger partial charge in [0.1, 0.15) is 5.82 Å². The first-order chi connectivity index (χ1) is 10.1. The van der Waals surface area contributed by atoms with Gasteiger partial charge in [-0.25, -0.2) is 4.39 Å². The van der Waals surface area contributed by atoms with Crippen LogP contribution < -0.4 is 5.43 Å². The van der Waals surface area contributed by atoms with Crippen molar-refractivity contribution < 1.29 is 9.50 Å². The lowest BCUT2D eigenvalue weighted by atomic mass is 9.86. The van der Waals surface area contributed by atoms with Gasteiger partial charge in [-0.3, -0.25) is 4.79 Å². The van der Waals surface area contributed by atoms with Gasteiger partial charge in [0.25, 0.3) is 0 Å². The van der Waals surface area contributed by atoms with E-state index in [9.17, 15) is 14.3 Å². The lowest BCUT2D eigenvalue weighted by Gasteiger charge is -2.31. The van der Waals surface area contributed by atoms with E-state index in [1.807, 2.05) is 6.92 Å². The molecule has 4 heteroatoms. The van der Waals surface area contributed by atoms with E-state index in [1.54, 1.807) is 12.1 Å². The summed E-state index contributed by atoms with van der Waals surface area (Å²) < 4.78 is 15.6. The van der Waals surface area contributed by atoms with Crippen molar-refractivity contribution in [3.8, 4) is 0 Å². The fraction of sp³-hybridized carbons (Fsp3) is 0.471. The van der Waals surface area contributed by atoms with Gasteiger partial charge < -0.3 is 9.67 Å². The van der Waals surface area contributed by atoms with E-state index in [2.05, 4.69) is 4.57 Å². The van der Waals surface area contributed by atoms with Crippen molar-refractivity contribution in [3.63, 3.8) is 0 Å². The molecule has 0 radical (unpaired) electrons. The second-order valence-corrected chi connectivity index (χ2v) is 6.04. The topological polar surface area (TPSA) is 42.2 Å². The second-order valence-electron chi connectivity index (χ2n) is 6.04. The van der Waals surface area contributed by atoms with Crippen LogP contribution >= 0.6 is 0 Å². The predicted molar refractivity (Wildman–Crippen MR) is 81.0 cm³/mol. The molecular formula is C17H20FNO2. The smallest absolute Gasteiger partial charge is 0.189 e. The Morgan fingerprint density at radius 3 is 2.62 bits per heavy atom. The van der Waals surface area contributed by atoms with Crippen LogP contribution in [0.4, 0.5) is 4.39 Å². The highest BCUT2D eigenvalue weighted by molar-refractivity contribution is 5.79. The number of nitrogens with zero attached hydrogens (tertiary/aromatic N) is 1. The fourth-order valence-corrected chi connectivity index (χ4v) is 3.51. The standard InChI is InChI=1S/C17H20FNO2/c1-11-8-17(21)15-9-13(18)4-7-16(15)19(11)14-5-2-12(10-20)3-6-14/h4,7-9,12,14,20H,2-3,5-6,10H2,1H3. The summed E-state index contributed by atoms with van der Waals surface area (Å²) in [6.07, 6.45) is 3.97. The number of halogens is 1. The Labute approximate surface area is 123 Å². The number of aryl methyl sites for hydroxylation is 1. The third kappa shape index (κ3) is 2.60. The maximum atomic E-state index is 13.4. The number of benzene rings is 1. The molecule has 0 saturated heterocycles. The summed E-state index contributed by atoms with van der Waals surface area (Å²) in [5.41, 5.74) is 1.61. The lowest BCUT2D eigenvalue weighted by Crippen LogP contribution is -2.23. The molecule has 0 unspecified atom stereocenters. The molecule has 1 heterocycles. The zero-order chi connectivity index (χ0) is 15.0. The summed E-state index contributed by atoms with van der Waals surface area (Å²) in [5, 5.41) is 9.70. The number of hydrogen-bond donors (Lipinski definition) is 1. The van der Waals surface area contributed by atoms with E-state index in [0.717, 1.165) is 36.9 Å². The van der Waals surface area contributed by atoms with Gasteiger partial charge in [0, 0.05) is 29.8 Å². The molecule has 1 fully saturated rings. The van der Waals surface area contributed by atoms with Crippen LogP contribution in [-0.2, 0) is 0 Å². The highest BCUT2D eigenvalue weighted by Crippen LogP contribution is 2.34. The van der Waals surface area contributed by atoms with Gasteiger partial charge in [0.05, 0.1) is 5.52 Å². The van der Waals surface area contributed by atoms with E-state index in [4.69, 9.17) is 0 Å². The minimum Gasteiger partial charge on any atom is -0.396 e. The molecule has 0 bridgehead atoms. The zero-order valence-electron chi connectivity index (χ0n) is 12.2. The molecule has 21 heavy (non-hydrogen) atoms. The predicted octanol–water partition coefficient (Wildman–Crippen LogP) is 3.17. The molecule has 0 spiro atoms. The number of pyridine rings is 1. The molecular weight excluding hydrogens is 269 g/mol. The molecule has 0 aliphatic heterocycles. The number of fused-ring (bicyclic) bond motifs is 1. The Morgan fingerprint density at radius 2 is 1.95 bits per heavy atom. The molecule has 3 nitrogen and oxygen atoms in total. The Bertz CT molecular complexity index is 715. The fourth-order valence-electron chi connectivity index (χ4n) is 3.51. The van der Waals surface area contributed by atoms with E-state index in [0.29, 0.717) is 17.3 Å². The van der Waals surface area contributed by atoms with Crippen molar-refractivity contribution in [2.45, 2.75) is 38.6 Å². The number of aliphatic hydroxyl groups is 1. The molecule has 1 aromatic heterocycles. The van der Waals surface area contributed by atoms with Gasteiger partial charge >= 0.3 is 0 Å². The molecule has 1 aliphatic rings. The monoisotopic (exact) mass is 289 g/mol. The highest BCUT2D eigenvalue weighted by Gasteiger charge is 2.23. The normalized spacial score (nSPS) is 22.6. The van der Waals surface area contributed by atoms with Gasteiger partial charge in [-0.05, 0) is 56.7 Å².